The Balaban J connectivity index is 0.00000387. The predicted octanol–water partition coefficient (Wildman–Crippen LogP) is 7.84. The molecule has 201 valence electrons. The molecule has 0 saturated heterocycles. The molecule has 0 aliphatic rings. The van der Waals surface area contributed by atoms with Gasteiger partial charge in [-0.05, 0) is 57.1 Å². The van der Waals surface area contributed by atoms with Crippen LogP contribution in [-0.4, -0.2) is 38.6 Å². The van der Waals surface area contributed by atoms with Crippen LogP contribution in [0.4, 0.5) is 0 Å². The molecule has 0 aliphatic carbocycles. The molecule has 1 atom stereocenters. The Morgan fingerprint density at radius 2 is 0.927 bits per heavy atom. The molecule has 0 heterocycles. The topological polar surface area (TPSA) is 63.2 Å². The molecule has 5 aromatic carbocycles. The van der Waals surface area contributed by atoms with Crippen molar-refractivity contribution in [2.75, 3.05) is 14.2 Å². The SMILES string of the molecule is COc1cccc(OC)c1C(=O)Pc1c(Oc2ccccc2)cc(Oc2ccccc2)cc1Oc1ccccc1.[Li]. The zero-order chi connectivity index (χ0) is 27.7. The fourth-order valence-electron chi connectivity index (χ4n) is 4.02. The summed E-state index contributed by atoms with van der Waals surface area (Å²) in [5, 5.41) is 0.575. The third kappa shape index (κ3) is 7.51. The fraction of sp³-hybridized carbons (Fsp3) is 0.0606. The Labute approximate surface area is 253 Å². The van der Waals surface area contributed by atoms with Crippen LogP contribution in [0.3, 0.4) is 0 Å². The third-order valence-corrected chi connectivity index (χ3v) is 7.07. The van der Waals surface area contributed by atoms with E-state index in [1.807, 2.05) is 91.0 Å². The van der Waals surface area contributed by atoms with Gasteiger partial charge in [-0.2, -0.15) is 0 Å². The average Bonchev–Trinajstić information content (AvgIpc) is 3.00. The molecule has 1 radical (unpaired) electrons. The van der Waals surface area contributed by atoms with Crippen LogP contribution < -0.4 is 29.0 Å². The normalized spacial score (nSPS) is 10.5. The molecular weight excluding hydrogens is 530 g/mol. The summed E-state index contributed by atoms with van der Waals surface area (Å²) in [6.07, 6.45) is 0. The molecule has 0 saturated carbocycles. The van der Waals surface area contributed by atoms with E-state index >= 15 is 0 Å². The number of hydrogen-bond acceptors (Lipinski definition) is 6. The van der Waals surface area contributed by atoms with E-state index in [1.54, 1.807) is 30.3 Å². The smallest absolute Gasteiger partial charge is 0.193 e. The molecule has 0 aromatic heterocycles. The first-order valence-electron chi connectivity index (χ1n) is 12.5. The van der Waals surface area contributed by atoms with Crippen LogP contribution in [0.2, 0.25) is 0 Å². The second-order valence-corrected chi connectivity index (χ2v) is 9.74. The van der Waals surface area contributed by atoms with Crippen LogP contribution in [0.25, 0.3) is 0 Å². The van der Waals surface area contributed by atoms with Crippen LogP contribution in [0.1, 0.15) is 10.4 Å². The fourth-order valence-corrected chi connectivity index (χ4v) is 5.11. The number of carbonyl (C=O) groups is 1. The zero-order valence-electron chi connectivity index (χ0n) is 23.0. The molecule has 5 rings (SSSR count). The van der Waals surface area contributed by atoms with Gasteiger partial charge in [0.05, 0.1) is 19.5 Å². The standard InChI is InChI=1S/C33H27O6P.Li/c1-35-27-19-12-20-28(36-2)31(27)33(34)40-32-29(38-24-15-8-4-9-16-24)21-26(37-23-13-6-3-7-14-23)22-30(32)39-25-17-10-5-11-18-25;/h3-22,40H,1-2H3;. The van der Waals surface area contributed by atoms with E-state index in [9.17, 15) is 4.79 Å². The monoisotopic (exact) mass is 557 g/mol. The first-order chi connectivity index (χ1) is 19.6. The van der Waals surface area contributed by atoms with E-state index in [0.717, 1.165) is 0 Å². The Morgan fingerprint density at radius 3 is 1.34 bits per heavy atom. The van der Waals surface area contributed by atoms with Gasteiger partial charge >= 0.3 is 0 Å². The van der Waals surface area contributed by atoms with E-state index < -0.39 is 0 Å². The maximum atomic E-state index is 13.9. The van der Waals surface area contributed by atoms with Crippen molar-refractivity contribution in [2.24, 2.45) is 0 Å². The number of methoxy groups -OCH3 is 2. The van der Waals surface area contributed by atoms with E-state index in [-0.39, 0.29) is 33.0 Å². The maximum absolute atomic E-state index is 13.9. The summed E-state index contributed by atoms with van der Waals surface area (Å²) < 4.78 is 29.9. The van der Waals surface area contributed by atoms with Gasteiger partial charge in [0.1, 0.15) is 51.6 Å². The van der Waals surface area contributed by atoms with E-state index in [4.69, 9.17) is 23.7 Å². The summed E-state index contributed by atoms with van der Waals surface area (Å²) >= 11 is 0. The Kier molecular flexibility index (Phi) is 10.5. The Bertz CT molecular complexity index is 1500. The van der Waals surface area contributed by atoms with Gasteiger partial charge in [-0.25, -0.2) is 0 Å². The van der Waals surface area contributed by atoms with Crippen molar-refractivity contribution in [3.05, 3.63) is 127 Å². The molecule has 1 unspecified atom stereocenters. The second kappa shape index (κ2) is 14.4. The molecular formula is C33H27LiO6P. The molecule has 0 bridgehead atoms. The van der Waals surface area contributed by atoms with Crippen LogP contribution in [0, 0.1) is 0 Å². The summed E-state index contributed by atoms with van der Waals surface area (Å²) in [5.41, 5.74) is 0.161. The van der Waals surface area contributed by atoms with Gasteiger partial charge in [0.15, 0.2) is 5.52 Å². The molecule has 0 aliphatic heterocycles. The molecule has 41 heavy (non-hydrogen) atoms. The van der Waals surface area contributed by atoms with Crippen LogP contribution in [0.15, 0.2) is 121 Å². The largest absolute Gasteiger partial charge is 0.496 e. The van der Waals surface area contributed by atoms with Gasteiger partial charge < -0.3 is 23.7 Å². The van der Waals surface area contributed by atoms with Gasteiger partial charge in [0, 0.05) is 31.0 Å². The molecule has 0 fully saturated rings. The summed E-state index contributed by atoms with van der Waals surface area (Å²) in [6.45, 7) is 0. The molecule has 0 amide bonds. The molecule has 5 aromatic rings. The van der Waals surface area contributed by atoms with Crippen molar-refractivity contribution in [2.45, 2.75) is 0 Å². The summed E-state index contributed by atoms with van der Waals surface area (Å²) in [4.78, 5) is 13.9. The van der Waals surface area contributed by atoms with Gasteiger partial charge in [0.25, 0.3) is 0 Å². The van der Waals surface area contributed by atoms with Gasteiger partial charge in [-0.3, -0.25) is 4.79 Å². The summed E-state index contributed by atoms with van der Waals surface area (Å²) in [6, 6.07) is 37.0. The van der Waals surface area contributed by atoms with Crippen LogP contribution in [-0.2, 0) is 0 Å². The van der Waals surface area contributed by atoms with Crippen molar-refractivity contribution in [3.63, 3.8) is 0 Å². The van der Waals surface area contributed by atoms with Gasteiger partial charge in [0.2, 0.25) is 0 Å². The minimum atomic E-state index is -0.385. The number of para-hydroxylation sites is 3. The van der Waals surface area contributed by atoms with E-state index in [0.29, 0.717) is 56.9 Å². The molecule has 0 spiro atoms. The average molecular weight is 557 g/mol. The van der Waals surface area contributed by atoms with Crippen molar-refractivity contribution in [1.29, 1.82) is 0 Å². The number of hydrogen-bond donors (Lipinski definition) is 0. The zero-order valence-corrected chi connectivity index (χ0v) is 24.0. The number of rotatable bonds is 11. The van der Waals surface area contributed by atoms with Crippen LogP contribution >= 0.6 is 8.58 Å². The quantitative estimate of drug-likeness (QED) is 0.122. The van der Waals surface area contributed by atoms with Crippen molar-refractivity contribution >= 4 is 38.3 Å². The number of ether oxygens (including phenoxy) is 5. The number of benzene rings is 5. The third-order valence-electron chi connectivity index (χ3n) is 5.85. The first kappa shape index (κ1) is 29.8. The Hall–Kier alpha value is -4.20. The predicted molar refractivity (Wildman–Crippen MR) is 164 cm³/mol. The first-order valence-corrected chi connectivity index (χ1v) is 13.5. The second-order valence-electron chi connectivity index (χ2n) is 8.53. The van der Waals surface area contributed by atoms with Crippen molar-refractivity contribution < 1.29 is 28.5 Å². The van der Waals surface area contributed by atoms with E-state index in [1.165, 1.54) is 14.2 Å². The minimum Gasteiger partial charge on any atom is -0.496 e. The summed E-state index contributed by atoms with van der Waals surface area (Å²) in [5.74, 6) is 4.10. The molecule has 6 nitrogen and oxygen atoms in total. The minimum absolute atomic E-state index is 0. The van der Waals surface area contributed by atoms with Gasteiger partial charge in [-0.15, -0.1) is 0 Å². The summed E-state index contributed by atoms with van der Waals surface area (Å²) in [7, 11) is 2.67. The van der Waals surface area contributed by atoms with Gasteiger partial charge in [-0.1, -0.05) is 60.7 Å². The van der Waals surface area contributed by atoms with Crippen molar-refractivity contribution in [1.82, 2.24) is 0 Å². The maximum Gasteiger partial charge on any atom is 0.193 e. The van der Waals surface area contributed by atoms with E-state index in [2.05, 4.69) is 0 Å². The molecule has 8 heteroatoms. The Morgan fingerprint density at radius 1 is 0.512 bits per heavy atom. The molecule has 0 N–H and O–H groups in total. The number of carbonyl (C=O) groups excluding carboxylic acids is 1. The van der Waals surface area contributed by atoms with Crippen LogP contribution in [0.5, 0.6) is 46.0 Å². The van der Waals surface area contributed by atoms with Crippen molar-refractivity contribution in [3.8, 4) is 46.0 Å².